The van der Waals surface area contributed by atoms with Crippen molar-refractivity contribution in [2.45, 2.75) is 9.79 Å². The van der Waals surface area contributed by atoms with Gasteiger partial charge in [-0.3, -0.25) is 19.7 Å². The summed E-state index contributed by atoms with van der Waals surface area (Å²) in [4.78, 5) is 42.6. The van der Waals surface area contributed by atoms with E-state index in [0.717, 1.165) is 38.5 Å². The molecule has 0 aromatic heterocycles. The van der Waals surface area contributed by atoms with Crippen LogP contribution in [0.15, 0.2) is 143 Å². The Morgan fingerprint density at radius 3 is 2.21 bits per heavy atom. The van der Waals surface area contributed by atoms with Crippen LogP contribution in [0.2, 0.25) is 0 Å². The molecule has 0 spiro atoms. The predicted octanol–water partition coefficient (Wildman–Crippen LogP) is 7.41. The van der Waals surface area contributed by atoms with Crippen LogP contribution in [-0.4, -0.2) is 73.6 Å². The second-order valence-corrected chi connectivity index (χ2v) is 15.9. The Balaban J connectivity index is 0.957. The quantitative estimate of drug-likeness (QED) is 0.0493. The average molecular weight is 788 g/mol. The van der Waals surface area contributed by atoms with Crippen molar-refractivity contribution >= 4 is 61.4 Å². The molecule has 284 valence electrons. The Labute approximate surface area is 328 Å². The van der Waals surface area contributed by atoms with Gasteiger partial charge in [-0.1, -0.05) is 60.7 Å². The van der Waals surface area contributed by atoms with Gasteiger partial charge in [-0.15, -0.1) is 11.8 Å². The van der Waals surface area contributed by atoms with Gasteiger partial charge in [0.15, 0.2) is 0 Å². The fourth-order valence-electron chi connectivity index (χ4n) is 6.66. The summed E-state index contributed by atoms with van der Waals surface area (Å²) in [6, 6.07) is 38.1. The van der Waals surface area contributed by atoms with Crippen LogP contribution in [0.5, 0.6) is 5.75 Å². The molecule has 6 aromatic carbocycles. The maximum Gasteiger partial charge on any atom is 0.293 e. The van der Waals surface area contributed by atoms with Gasteiger partial charge in [0.2, 0.25) is 0 Å². The number of thioether (sulfide) groups is 1. The molecule has 56 heavy (non-hydrogen) atoms. The van der Waals surface area contributed by atoms with Gasteiger partial charge < -0.3 is 20.2 Å². The molecule has 3 N–H and O–H groups in total. The Morgan fingerprint density at radius 1 is 0.786 bits per heavy atom. The Bertz CT molecular complexity index is 2530. The summed E-state index contributed by atoms with van der Waals surface area (Å²) in [7, 11) is -4.44. The SMILES string of the molecule is O=C(NS(=O)(=O)c1ccc(NCCSc2ccccc2)c([N+](=O)[O-])c1)c1ccc(N2CCN(C(=O)c3ccc(-c4cccc(O)c4)c4ccccc34)CC2)cc1. The van der Waals surface area contributed by atoms with Crippen molar-refractivity contribution in [3.05, 3.63) is 155 Å². The molecule has 2 amide bonds. The third kappa shape index (κ3) is 8.46. The zero-order valence-electron chi connectivity index (χ0n) is 30.0. The molecule has 0 aliphatic carbocycles. The van der Waals surface area contributed by atoms with Crippen LogP contribution in [0.1, 0.15) is 20.7 Å². The molecule has 0 bridgehead atoms. The molecule has 1 saturated heterocycles. The van der Waals surface area contributed by atoms with Crippen LogP contribution in [-0.2, 0) is 10.0 Å². The Morgan fingerprint density at radius 2 is 1.50 bits per heavy atom. The first-order chi connectivity index (χ1) is 27.1. The minimum absolute atomic E-state index is 0.0780. The number of sulfonamides is 1. The van der Waals surface area contributed by atoms with Crippen LogP contribution in [0.25, 0.3) is 21.9 Å². The van der Waals surface area contributed by atoms with Gasteiger partial charge in [0.1, 0.15) is 11.4 Å². The number of rotatable bonds is 12. The van der Waals surface area contributed by atoms with Gasteiger partial charge in [0.25, 0.3) is 27.5 Å². The highest BCUT2D eigenvalue weighted by atomic mass is 32.2. The van der Waals surface area contributed by atoms with E-state index in [-0.39, 0.29) is 22.9 Å². The van der Waals surface area contributed by atoms with Crippen LogP contribution in [0, 0.1) is 10.1 Å². The van der Waals surface area contributed by atoms with Gasteiger partial charge >= 0.3 is 0 Å². The van der Waals surface area contributed by atoms with Crippen molar-refractivity contribution in [3.8, 4) is 16.9 Å². The number of phenols is 1. The molecular formula is C42H37N5O7S2. The maximum absolute atomic E-state index is 13.8. The number of piperazine rings is 1. The minimum Gasteiger partial charge on any atom is -0.508 e. The van der Waals surface area contributed by atoms with E-state index < -0.39 is 31.4 Å². The van der Waals surface area contributed by atoms with E-state index >= 15 is 0 Å². The number of amides is 2. The molecule has 1 aliphatic rings. The summed E-state index contributed by atoms with van der Waals surface area (Å²) < 4.78 is 28.3. The van der Waals surface area contributed by atoms with Gasteiger partial charge in [-0.25, -0.2) is 13.1 Å². The molecular weight excluding hydrogens is 751 g/mol. The van der Waals surface area contributed by atoms with Crippen LogP contribution >= 0.6 is 11.8 Å². The number of nitro groups is 1. The average Bonchev–Trinajstić information content (AvgIpc) is 3.22. The number of phenolic OH excluding ortho intramolecular Hbond substituents is 1. The van der Waals surface area contributed by atoms with Crippen molar-refractivity contribution < 1.29 is 28.0 Å². The fourth-order valence-corrected chi connectivity index (χ4v) is 8.45. The second-order valence-electron chi connectivity index (χ2n) is 13.0. The smallest absolute Gasteiger partial charge is 0.293 e. The molecule has 6 aromatic rings. The molecule has 14 heteroatoms. The molecule has 7 rings (SSSR count). The van der Waals surface area contributed by atoms with Crippen molar-refractivity contribution in [2.75, 3.05) is 48.7 Å². The lowest BCUT2D eigenvalue weighted by atomic mass is 9.94. The first-order valence-electron chi connectivity index (χ1n) is 17.8. The lowest BCUT2D eigenvalue weighted by Crippen LogP contribution is -2.48. The van der Waals surface area contributed by atoms with E-state index in [2.05, 4.69) is 10.2 Å². The number of anilines is 2. The van der Waals surface area contributed by atoms with E-state index in [1.807, 2.05) is 82.4 Å². The van der Waals surface area contributed by atoms with Gasteiger partial charge in [0.05, 0.1) is 9.82 Å². The zero-order valence-corrected chi connectivity index (χ0v) is 31.6. The van der Waals surface area contributed by atoms with Gasteiger partial charge in [-0.05, 0) is 88.6 Å². The third-order valence-electron chi connectivity index (χ3n) is 9.51. The number of nitrogens with zero attached hydrogens (tertiary/aromatic N) is 3. The van der Waals surface area contributed by atoms with Crippen LogP contribution in [0.3, 0.4) is 0 Å². The third-order valence-corrected chi connectivity index (χ3v) is 11.8. The molecule has 0 unspecified atom stereocenters. The van der Waals surface area contributed by atoms with E-state index in [0.29, 0.717) is 44.0 Å². The van der Waals surface area contributed by atoms with E-state index in [9.17, 15) is 33.2 Å². The molecule has 12 nitrogen and oxygen atoms in total. The normalized spacial score (nSPS) is 13.0. The first kappa shape index (κ1) is 37.9. The summed E-state index contributed by atoms with van der Waals surface area (Å²) in [5, 5.41) is 26.6. The number of benzene rings is 6. The lowest BCUT2D eigenvalue weighted by molar-refractivity contribution is -0.384. The second kappa shape index (κ2) is 16.6. The molecule has 1 fully saturated rings. The number of carbonyl (C=O) groups is 2. The van der Waals surface area contributed by atoms with Crippen LogP contribution < -0.4 is 14.9 Å². The van der Waals surface area contributed by atoms with Crippen molar-refractivity contribution in [1.82, 2.24) is 9.62 Å². The molecule has 0 radical (unpaired) electrons. The number of nitrogens with one attached hydrogen (secondary N) is 2. The molecule has 1 heterocycles. The van der Waals surface area contributed by atoms with Crippen molar-refractivity contribution in [3.63, 3.8) is 0 Å². The highest BCUT2D eigenvalue weighted by molar-refractivity contribution is 7.99. The highest BCUT2D eigenvalue weighted by Crippen LogP contribution is 2.33. The molecule has 0 atom stereocenters. The lowest BCUT2D eigenvalue weighted by Gasteiger charge is -2.36. The van der Waals surface area contributed by atoms with Crippen molar-refractivity contribution in [1.29, 1.82) is 0 Å². The number of hydrogen-bond acceptors (Lipinski definition) is 10. The minimum atomic E-state index is -4.44. The number of aromatic hydroxyl groups is 1. The summed E-state index contributed by atoms with van der Waals surface area (Å²) in [5.41, 5.74) is 3.01. The number of carbonyl (C=O) groups excluding carboxylic acids is 2. The number of hydrogen-bond donors (Lipinski definition) is 3. The highest BCUT2D eigenvalue weighted by Gasteiger charge is 2.26. The Kier molecular flexibility index (Phi) is 11.2. The summed E-state index contributed by atoms with van der Waals surface area (Å²) >= 11 is 1.58. The number of fused-ring (bicyclic) bond motifs is 1. The topological polar surface area (TPSA) is 162 Å². The molecule has 0 saturated carbocycles. The first-order valence-corrected chi connectivity index (χ1v) is 20.3. The Hall–Kier alpha value is -6.38. The fraction of sp³-hybridized carbons (Fsp3) is 0.143. The van der Waals surface area contributed by atoms with E-state index in [1.54, 1.807) is 42.1 Å². The van der Waals surface area contributed by atoms with Gasteiger partial charge in [0, 0.05) is 66.3 Å². The zero-order chi connectivity index (χ0) is 39.2. The van der Waals surface area contributed by atoms with Crippen LogP contribution in [0.4, 0.5) is 17.1 Å². The van der Waals surface area contributed by atoms with Crippen molar-refractivity contribution in [2.24, 2.45) is 0 Å². The summed E-state index contributed by atoms with van der Waals surface area (Å²) in [6.45, 7) is 2.42. The summed E-state index contributed by atoms with van der Waals surface area (Å²) in [6.07, 6.45) is 0. The summed E-state index contributed by atoms with van der Waals surface area (Å²) in [5.74, 6) is -0.161. The monoisotopic (exact) mass is 787 g/mol. The van der Waals surface area contributed by atoms with E-state index in [4.69, 9.17) is 0 Å². The maximum atomic E-state index is 13.8. The standard InChI is InChI=1S/C42H37N5O7S2/c48-32-8-6-7-30(27-32)35-18-19-38(37-12-5-4-11-36(35)37)42(50)46-24-22-45(23-25-46)31-15-13-29(14-16-31)41(49)44-56(53,54)34-17-20-39(40(28-34)47(51)52)43-21-26-55-33-9-2-1-3-10-33/h1-20,27-28,43,48H,21-26H2,(H,44,49). The largest absolute Gasteiger partial charge is 0.508 e. The number of nitro benzene ring substituents is 1. The van der Waals surface area contributed by atoms with E-state index in [1.165, 1.54) is 24.3 Å². The predicted molar refractivity (Wildman–Crippen MR) is 219 cm³/mol. The molecule has 1 aliphatic heterocycles. The van der Waals surface area contributed by atoms with Gasteiger partial charge in [-0.2, -0.15) is 0 Å².